The molecule has 96 valence electrons. The molecule has 0 aliphatic carbocycles. The van der Waals surface area contributed by atoms with Crippen molar-refractivity contribution in [1.82, 2.24) is 0 Å². The second-order valence-electron chi connectivity index (χ2n) is 4.36. The van der Waals surface area contributed by atoms with Crippen LogP contribution >= 0.6 is 0 Å². The summed E-state index contributed by atoms with van der Waals surface area (Å²) >= 11 is 0. The zero-order valence-corrected chi connectivity index (χ0v) is 10.7. The van der Waals surface area contributed by atoms with Crippen LogP contribution in [0, 0.1) is 11.8 Å². The van der Waals surface area contributed by atoms with Crippen molar-refractivity contribution >= 4 is 0 Å². The average Bonchev–Trinajstić information content (AvgIpc) is 2.46. The molecule has 0 aliphatic rings. The Hall–Kier alpha value is -2.11. The van der Waals surface area contributed by atoms with Gasteiger partial charge in [-0.2, -0.15) is 0 Å². The molecule has 0 saturated carbocycles. The first-order valence-corrected chi connectivity index (χ1v) is 6.13. The molecular weight excluding hydrogens is 239 g/mol. The number of benzene rings is 2. The van der Waals surface area contributed by atoms with Crippen molar-refractivity contribution < 1.29 is 9.50 Å². The Morgan fingerprint density at radius 2 is 1.53 bits per heavy atom. The molecule has 0 radical (unpaired) electrons. The lowest BCUT2D eigenvalue weighted by atomic mass is 9.90. The smallest absolute Gasteiger partial charge is 0.182 e. The first-order chi connectivity index (χ1) is 9.13. The predicted molar refractivity (Wildman–Crippen MR) is 74.2 cm³/mol. The van der Waals surface area contributed by atoms with Gasteiger partial charge in [-0.15, -0.1) is 0 Å². The molecule has 0 bridgehead atoms. The number of hydrogen-bond donors (Lipinski definition) is 1. The Balaban J connectivity index is 2.40. The second kappa shape index (κ2) is 5.69. The maximum Gasteiger partial charge on any atom is 0.182 e. The van der Waals surface area contributed by atoms with Crippen molar-refractivity contribution in [1.29, 1.82) is 0 Å². The number of aliphatic hydroxyl groups is 1. The van der Waals surface area contributed by atoms with Crippen LogP contribution in [0.1, 0.15) is 18.1 Å². The highest BCUT2D eigenvalue weighted by molar-refractivity contribution is 5.40. The minimum Gasteiger partial charge on any atom is -0.371 e. The molecule has 2 atom stereocenters. The first-order valence-electron chi connectivity index (χ1n) is 6.13. The SMILES string of the molecule is CC(F)C(O)(C#Cc1ccccc1)c1ccccc1. The van der Waals surface area contributed by atoms with E-state index in [-0.39, 0.29) is 0 Å². The van der Waals surface area contributed by atoms with Gasteiger partial charge in [-0.25, -0.2) is 4.39 Å². The fourth-order valence-electron chi connectivity index (χ4n) is 1.78. The molecule has 2 rings (SSSR count). The van der Waals surface area contributed by atoms with E-state index in [2.05, 4.69) is 11.8 Å². The molecule has 1 nitrogen and oxygen atoms in total. The average molecular weight is 254 g/mol. The van der Waals surface area contributed by atoms with Gasteiger partial charge in [0.1, 0.15) is 6.17 Å². The van der Waals surface area contributed by atoms with E-state index in [1.807, 2.05) is 36.4 Å². The van der Waals surface area contributed by atoms with Gasteiger partial charge in [0.25, 0.3) is 0 Å². The minimum atomic E-state index is -1.78. The molecule has 0 aromatic heterocycles. The zero-order chi connectivity index (χ0) is 13.7. The van der Waals surface area contributed by atoms with Gasteiger partial charge in [0.05, 0.1) is 0 Å². The fraction of sp³-hybridized carbons (Fsp3) is 0.176. The molecule has 2 aromatic carbocycles. The van der Waals surface area contributed by atoms with E-state index >= 15 is 0 Å². The molecule has 2 heteroatoms. The number of alkyl halides is 1. The van der Waals surface area contributed by atoms with Gasteiger partial charge in [0, 0.05) is 5.56 Å². The van der Waals surface area contributed by atoms with E-state index in [1.165, 1.54) is 6.92 Å². The summed E-state index contributed by atoms with van der Waals surface area (Å²) in [5, 5.41) is 10.5. The molecular formula is C17H15FO. The Labute approximate surface area is 112 Å². The predicted octanol–water partition coefficient (Wildman–Crippen LogP) is 3.28. The summed E-state index contributed by atoms with van der Waals surface area (Å²) in [6.07, 6.45) is -1.48. The molecule has 0 spiro atoms. The molecule has 0 heterocycles. The van der Waals surface area contributed by atoms with E-state index in [1.54, 1.807) is 24.3 Å². The third-order valence-corrected chi connectivity index (χ3v) is 2.96. The maximum absolute atomic E-state index is 13.8. The summed E-state index contributed by atoms with van der Waals surface area (Å²) < 4.78 is 13.8. The summed E-state index contributed by atoms with van der Waals surface area (Å²) in [7, 11) is 0. The normalized spacial score (nSPS) is 14.9. The highest BCUT2D eigenvalue weighted by Crippen LogP contribution is 2.26. The fourth-order valence-corrected chi connectivity index (χ4v) is 1.78. The van der Waals surface area contributed by atoms with Crippen molar-refractivity contribution in [2.75, 3.05) is 0 Å². The van der Waals surface area contributed by atoms with E-state index < -0.39 is 11.8 Å². The Morgan fingerprint density at radius 3 is 2.05 bits per heavy atom. The van der Waals surface area contributed by atoms with Gasteiger partial charge in [-0.1, -0.05) is 60.4 Å². The third-order valence-electron chi connectivity index (χ3n) is 2.96. The lowest BCUT2D eigenvalue weighted by Crippen LogP contribution is -2.33. The zero-order valence-electron chi connectivity index (χ0n) is 10.7. The van der Waals surface area contributed by atoms with Gasteiger partial charge in [0.2, 0.25) is 0 Å². The summed E-state index contributed by atoms with van der Waals surface area (Å²) in [5.41, 5.74) is -0.567. The summed E-state index contributed by atoms with van der Waals surface area (Å²) in [6, 6.07) is 17.9. The topological polar surface area (TPSA) is 20.2 Å². The Kier molecular flexibility index (Phi) is 3.99. The summed E-state index contributed by atoms with van der Waals surface area (Å²) in [5.74, 6) is 5.48. The molecule has 1 N–H and O–H groups in total. The van der Waals surface area contributed by atoms with Crippen LogP contribution in [0.3, 0.4) is 0 Å². The standard InChI is InChI=1S/C17H15FO/c1-14(18)17(19,16-10-6-3-7-11-16)13-12-15-8-4-2-5-9-15/h2-11,14,19H,1H3. The van der Waals surface area contributed by atoms with Gasteiger partial charge in [-0.05, 0) is 24.6 Å². The van der Waals surface area contributed by atoms with Crippen LogP contribution in [0.5, 0.6) is 0 Å². The van der Waals surface area contributed by atoms with Crippen molar-refractivity contribution in [3.8, 4) is 11.8 Å². The molecule has 2 aromatic rings. The Morgan fingerprint density at radius 1 is 1.00 bits per heavy atom. The summed E-state index contributed by atoms with van der Waals surface area (Å²) in [6.45, 7) is 1.31. The number of rotatable bonds is 2. The molecule has 0 aliphatic heterocycles. The lowest BCUT2D eigenvalue weighted by molar-refractivity contribution is 0.0208. The van der Waals surface area contributed by atoms with Crippen LogP contribution in [-0.2, 0) is 5.60 Å². The molecule has 0 fully saturated rings. The third kappa shape index (κ3) is 3.01. The molecule has 0 saturated heterocycles. The van der Waals surface area contributed by atoms with Crippen LogP contribution < -0.4 is 0 Å². The van der Waals surface area contributed by atoms with E-state index in [4.69, 9.17) is 0 Å². The van der Waals surface area contributed by atoms with Gasteiger partial charge >= 0.3 is 0 Å². The molecule has 2 unspecified atom stereocenters. The van der Waals surface area contributed by atoms with Crippen LogP contribution in [0.15, 0.2) is 60.7 Å². The van der Waals surface area contributed by atoms with Gasteiger partial charge in [-0.3, -0.25) is 0 Å². The Bertz CT molecular complexity index is 581. The first kappa shape index (κ1) is 13.3. The van der Waals surface area contributed by atoms with Crippen molar-refractivity contribution in [2.24, 2.45) is 0 Å². The van der Waals surface area contributed by atoms with E-state index in [0.717, 1.165) is 5.56 Å². The molecule has 0 amide bonds. The van der Waals surface area contributed by atoms with Gasteiger partial charge in [0.15, 0.2) is 5.60 Å². The van der Waals surface area contributed by atoms with Gasteiger partial charge < -0.3 is 5.11 Å². The summed E-state index contributed by atoms with van der Waals surface area (Å²) in [4.78, 5) is 0. The highest BCUT2D eigenvalue weighted by atomic mass is 19.1. The van der Waals surface area contributed by atoms with Crippen LogP contribution in [-0.4, -0.2) is 11.3 Å². The number of halogens is 1. The largest absolute Gasteiger partial charge is 0.371 e. The van der Waals surface area contributed by atoms with Crippen LogP contribution in [0.4, 0.5) is 4.39 Å². The van der Waals surface area contributed by atoms with Crippen LogP contribution in [0.25, 0.3) is 0 Å². The van der Waals surface area contributed by atoms with Crippen molar-refractivity contribution in [3.63, 3.8) is 0 Å². The second-order valence-corrected chi connectivity index (χ2v) is 4.36. The van der Waals surface area contributed by atoms with Crippen molar-refractivity contribution in [2.45, 2.75) is 18.7 Å². The highest BCUT2D eigenvalue weighted by Gasteiger charge is 2.34. The van der Waals surface area contributed by atoms with Crippen LogP contribution in [0.2, 0.25) is 0 Å². The lowest BCUT2D eigenvalue weighted by Gasteiger charge is -2.24. The van der Waals surface area contributed by atoms with E-state index in [9.17, 15) is 9.50 Å². The maximum atomic E-state index is 13.8. The van der Waals surface area contributed by atoms with E-state index in [0.29, 0.717) is 5.56 Å². The monoisotopic (exact) mass is 254 g/mol. The number of hydrogen-bond acceptors (Lipinski definition) is 1. The molecule has 19 heavy (non-hydrogen) atoms. The minimum absolute atomic E-state index is 0.466. The quantitative estimate of drug-likeness (QED) is 0.815. The van der Waals surface area contributed by atoms with Crippen molar-refractivity contribution in [3.05, 3.63) is 71.8 Å².